The van der Waals surface area contributed by atoms with Gasteiger partial charge in [-0.25, -0.2) is 0 Å². The van der Waals surface area contributed by atoms with Crippen molar-refractivity contribution >= 4 is 23.6 Å². The summed E-state index contributed by atoms with van der Waals surface area (Å²) < 4.78 is 4.76. The van der Waals surface area contributed by atoms with E-state index in [-0.39, 0.29) is 11.7 Å². The summed E-state index contributed by atoms with van der Waals surface area (Å²) in [7, 11) is 1.55. The van der Waals surface area contributed by atoms with Crippen LogP contribution in [0.15, 0.2) is 0 Å². The van der Waals surface area contributed by atoms with Gasteiger partial charge in [0, 0.05) is 13.7 Å². The van der Waals surface area contributed by atoms with Crippen molar-refractivity contribution in [2.75, 3.05) is 26.0 Å². The number of nitrogens with one attached hydrogen (secondary N) is 1. The van der Waals surface area contributed by atoms with Gasteiger partial charge < -0.3 is 15.2 Å². The van der Waals surface area contributed by atoms with E-state index in [0.717, 1.165) is 11.8 Å². The molecule has 0 saturated carbocycles. The van der Waals surface area contributed by atoms with Crippen LogP contribution in [-0.2, 0) is 14.3 Å². The Morgan fingerprint density at radius 3 is 2.67 bits per heavy atom. The molecule has 5 nitrogen and oxygen atoms in total. The van der Waals surface area contributed by atoms with E-state index >= 15 is 0 Å². The Morgan fingerprint density at radius 2 is 2.20 bits per heavy atom. The molecule has 0 aliphatic carbocycles. The van der Waals surface area contributed by atoms with Crippen LogP contribution in [0, 0.1) is 0 Å². The molecule has 0 aliphatic rings. The van der Waals surface area contributed by atoms with Crippen LogP contribution in [0.2, 0.25) is 0 Å². The zero-order valence-corrected chi connectivity index (χ0v) is 9.80. The van der Waals surface area contributed by atoms with Crippen LogP contribution in [0.1, 0.15) is 13.3 Å². The lowest BCUT2D eigenvalue weighted by Gasteiger charge is -2.09. The zero-order chi connectivity index (χ0) is 11.7. The molecule has 6 heteroatoms. The highest BCUT2D eigenvalue weighted by molar-refractivity contribution is 8.01. The number of aliphatic carboxylic acids is 1. The van der Waals surface area contributed by atoms with Crippen LogP contribution < -0.4 is 5.32 Å². The minimum absolute atomic E-state index is 0.156. The van der Waals surface area contributed by atoms with Gasteiger partial charge in [0.15, 0.2) is 0 Å². The second-order valence-electron chi connectivity index (χ2n) is 2.89. The molecule has 1 amide bonds. The van der Waals surface area contributed by atoms with E-state index < -0.39 is 11.2 Å². The van der Waals surface area contributed by atoms with Crippen molar-refractivity contribution in [3.63, 3.8) is 0 Å². The highest BCUT2D eigenvalue weighted by atomic mass is 32.2. The molecule has 0 bridgehead atoms. The molecule has 88 valence electrons. The van der Waals surface area contributed by atoms with E-state index in [1.807, 2.05) is 0 Å². The Morgan fingerprint density at radius 1 is 1.53 bits per heavy atom. The highest BCUT2D eigenvalue weighted by Crippen LogP contribution is 2.13. The summed E-state index contributed by atoms with van der Waals surface area (Å²) in [5.41, 5.74) is 0. The van der Waals surface area contributed by atoms with E-state index in [4.69, 9.17) is 9.84 Å². The molecule has 0 fully saturated rings. The Bertz CT molecular complexity index is 210. The number of carbonyl (C=O) groups excluding carboxylic acids is 1. The minimum atomic E-state index is -0.868. The summed E-state index contributed by atoms with van der Waals surface area (Å²) in [4.78, 5) is 21.8. The fourth-order valence-corrected chi connectivity index (χ4v) is 1.72. The molecule has 0 saturated heterocycles. The Kier molecular flexibility index (Phi) is 8.12. The second-order valence-corrected chi connectivity index (χ2v) is 4.08. The number of carboxylic acid groups (broad SMARTS) is 1. The topological polar surface area (TPSA) is 75.6 Å². The molecule has 1 atom stereocenters. The zero-order valence-electron chi connectivity index (χ0n) is 8.99. The number of methoxy groups -OCH3 is 1. The first-order valence-corrected chi connectivity index (χ1v) is 5.76. The number of hydrogen-bond donors (Lipinski definition) is 2. The van der Waals surface area contributed by atoms with E-state index in [2.05, 4.69) is 5.32 Å². The summed E-state index contributed by atoms with van der Waals surface area (Å²) in [6.07, 6.45) is 0.519. The highest BCUT2D eigenvalue weighted by Gasteiger charge is 2.16. The normalized spacial score (nSPS) is 12.1. The van der Waals surface area contributed by atoms with Gasteiger partial charge in [0.05, 0.1) is 12.4 Å². The number of thioether (sulfide) groups is 1. The third-order valence-corrected chi connectivity index (χ3v) is 3.06. The first kappa shape index (κ1) is 14.2. The predicted molar refractivity (Wildman–Crippen MR) is 59.1 cm³/mol. The van der Waals surface area contributed by atoms with Gasteiger partial charge in [-0.15, -0.1) is 11.8 Å². The lowest BCUT2D eigenvalue weighted by molar-refractivity contribution is -0.136. The first-order valence-electron chi connectivity index (χ1n) is 4.71. The molecule has 0 radical (unpaired) electrons. The molecule has 15 heavy (non-hydrogen) atoms. The van der Waals surface area contributed by atoms with Gasteiger partial charge in [0.2, 0.25) is 5.91 Å². The van der Waals surface area contributed by atoms with Crippen molar-refractivity contribution in [2.24, 2.45) is 0 Å². The molecule has 0 rings (SSSR count). The van der Waals surface area contributed by atoms with Crippen molar-refractivity contribution in [1.29, 1.82) is 0 Å². The monoisotopic (exact) mass is 235 g/mol. The summed E-state index contributed by atoms with van der Waals surface area (Å²) in [6, 6.07) is 0. The second kappa shape index (κ2) is 8.55. The Balaban J connectivity index is 3.64. The van der Waals surface area contributed by atoms with E-state index in [0.29, 0.717) is 19.6 Å². The number of rotatable bonds is 8. The Labute approximate surface area is 93.6 Å². The number of hydrogen-bond acceptors (Lipinski definition) is 4. The predicted octanol–water partition coefficient (Wildman–Crippen LogP) is 0.345. The number of ether oxygens (including phenoxy) is 1. The maximum absolute atomic E-state index is 11.2. The van der Waals surface area contributed by atoms with E-state index in [1.165, 1.54) is 0 Å². The molecule has 0 aromatic carbocycles. The molecule has 1 unspecified atom stereocenters. The molecule has 0 aliphatic heterocycles. The van der Waals surface area contributed by atoms with Crippen molar-refractivity contribution in [3.05, 3.63) is 0 Å². The van der Waals surface area contributed by atoms with Crippen molar-refractivity contribution in [2.45, 2.75) is 18.6 Å². The fraction of sp³-hybridized carbons (Fsp3) is 0.778. The van der Waals surface area contributed by atoms with Crippen LogP contribution >= 0.6 is 11.8 Å². The minimum Gasteiger partial charge on any atom is -0.480 e. The molecule has 2 N–H and O–H groups in total. The van der Waals surface area contributed by atoms with Crippen LogP contribution in [-0.4, -0.2) is 48.2 Å². The Hall–Kier alpha value is -0.750. The van der Waals surface area contributed by atoms with Crippen molar-refractivity contribution in [3.8, 4) is 0 Å². The first-order chi connectivity index (χ1) is 7.11. The lowest BCUT2D eigenvalue weighted by Crippen LogP contribution is -2.30. The largest absolute Gasteiger partial charge is 0.480 e. The van der Waals surface area contributed by atoms with Gasteiger partial charge in [-0.05, 0) is 6.42 Å². The van der Waals surface area contributed by atoms with Crippen LogP contribution in [0.4, 0.5) is 0 Å². The maximum Gasteiger partial charge on any atom is 0.316 e. The van der Waals surface area contributed by atoms with Gasteiger partial charge in [-0.1, -0.05) is 6.92 Å². The SMILES string of the molecule is CCC(SCC(=O)NCCOC)C(=O)O. The molecule has 0 aromatic heterocycles. The molecular weight excluding hydrogens is 218 g/mol. The smallest absolute Gasteiger partial charge is 0.316 e. The van der Waals surface area contributed by atoms with Crippen LogP contribution in [0.3, 0.4) is 0 Å². The molecule has 0 heterocycles. The van der Waals surface area contributed by atoms with E-state index in [1.54, 1.807) is 14.0 Å². The van der Waals surface area contributed by atoms with Crippen molar-refractivity contribution < 1.29 is 19.4 Å². The summed E-state index contributed by atoms with van der Waals surface area (Å²) in [5.74, 6) is -0.849. The average Bonchev–Trinajstić information content (AvgIpc) is 2.18. The van der Waals surface area contributed by atoms with Gasteiger partial charge in [0.1, 0.15) is 5.25 Å². The van der Waals surface area contributed by atoms with Gasteiger partial charge >= 0.3 is 5.97 Å². The summed E-state index contributed by atoms with van der Waals surface area (Å²) in [5, 5.41) is 10.9. The molecule has 0 aromatic rings. The third-order valence-electron chi connectivity index (χ3n) is 1.69. The molecular formula is C9H17NO4S. The number of carboxylic acids is 1. The van der Waals surface area contributed by atoms with Gasteiger partial charge in [-0.2, -0.15) is 0 Å². The van der Waals surface area contributed by atoms with Gasteiger partial charge in [0.25, 0.3) is 0 Å². The van der Waals surface area contributed by atoms with Crippen molar-refractivity contribution in [1.82, 2.24) is 5.32 Å². The standard InChI is InChI=1S/C9H17NO4S/c1-3-7(9(12)13)15-6-8(11)10-4-5-14-2/h7H,3-6H2,1-2H3,(H,10,11)(H,12,13). The third kappa shape index (κ3) is 7.21. The van der Waals surface area contributed by atoms with Gasteiger partial charge in [-0.3, -0.25) is 9.59 Å². The number of amides is 1. The van der Waals surface area contributed by atoms with Crippen LogP contribution in [0.5, 0.6) is 0 Å². The number of carbonyl (C=O) groups is 2. The average molecular weight is 235 g/mol. The summed E-state index contributed by atoms with van der Waals surface area (Å²) in [6.45, 7) is 2.71. The lowest BCUT2D eigenvalue weighted by atomic mass is 10.3. The molecule has 0 spiro atoms. The van der Waals surface area contributed by atoms with E-state index in [9.17, 15) is 9.59 Å². The quantitative estimate of drug-likeness (QED) is 0.594. The maximum atomic E-state index is 11.2. The summed E-state index contributed by atoms with van der Waals surface area (Å²) >= 11 is 1.14. The van der Waals surface area contributed by atoms with Crippen LogP contribution in [0.25, 0.3) is 0 Å². The fourth-order valence-electron chi connectivity index (χ4n) is 0.884.